The van der Waals surface area contributed by atoms with Crippen LogP contribution in [0.5, 0.6) is 0 Å². The van der Waals surface area contributed by atoms with Gasteiger partial charge in [0.1, 0.15) is 5.82 Å². The number of rotatable bonds is 4. The Bertz CT molecular complexity index is 574. The van der Waals surface area contributed by atoms with Crippen molar-refractivity contribution in [2.45, 2.75) is 6.42 Å². The quantitative estimate of drug-likeness (QED) is 0.633. The summed E-state index contributed by atoms with van der Waals surface area (Å²) >= 11 is 0. The Hall–Kier alpha value is -2.51. The fraction of sp³-hybridized carbons (Fsp3) is 0.273. The number of amides is 1. The molecule has 0 radical (unpaired) electrons. The summed E-state index contributed by atoms with van der Waals surface area (Å²) in [6.07, 6.45) is 0.192. The number of carboxylic acid groups (broad SMARTS) is 1. The number of hydrogen-bond acceptors (Lipinski definition) is 4. The van der Waals surface area contributed by atoms with E-state index in [-0.39, 0.29) is 17.8 Å². The van der Waals surface area contributed by atoms with Gasteiger partial charge in [0.2, 0.25) is 5.91 Å². The molecule has 1 amide bonds. The molecule has 1 aliphatic rings. The van der Waals surface area contributed by atoms with Crippen molar-refractivity contribution in [2.24, 2.45) is 11.8 Å². The summed E-state index contributed by atoms with van der Waals surface area (Å²) in [6, 6.07) is 2.74. The van der Waals surface area contributed by atoms with Crippen LogP contribution in [0.4, 0.5) is 15.8 Å². The number of carbonyl (C=O) groups is 2. The SMILES string of the molecule is O=C(O)[C@H]1C[C@H]1C(=O)Nc1cc([N+](=O)[O-])ccc1F. The lowest BCUT2D eigenvalue weighted by Gasteiger charge is -2.05. The van der Waals surface area contributed by atoms with Crippen LogP contribution in [0.2, 0.25) is 0 Å². The van der Waals surface area contributed by atoms with Gasteiger partial charge in [-0.2, -0.15) is 0 Å². The zero-order valence-electron chi connectivity index (χ0n) is 9.50. The van der Waals surface area contributed by atoms with Crippen molar-refractivity contribution in [3.8, 4) is 0 Å². The number of nitrogens with one attached hydrogen (secondary N) is 1. The predicted molar refractivity (Wildman–Crippen MR) is 60.9 cm³/mol. The molecule has 2 atom stereocenters. The second-order valence-electron chi connectivity index (χ2n) is 4.20. The number of anilines is 1. The number of halogens is 1. The number of benzene rings is 1. The molecule has 0 heterocycles. The van der Waals surface area contributed by atoms with E-state index >= 15 is 0 Å². The van der Waals surface area contributed by atoms with E-state index in [1.165, 1.54) is 0 Å². The zero-order chi connectivity index (χ0) is 14.2. The number of carboxylic acids is 1. The van der Waals surface area contributed by atoms with Gasteiger partial charge in [-0.3, -0.25) is 19.7 Å². The lowest BCUT2D eigenvalue weighted by atomic mass is 10.2. The lowest BCUT2D eigenvalue weighted by molar-refractivity contribution is -0.384. The van der Waals surface area contributed by atoms with E-state index in [4.69, 9.17) is 5.11 Å². The third kappa shape index (κ3) is 2.67. The highest BCUT2D eigenvalue weighted by Crippen LogP contribution is 2.39. The molecule has 0 spiro atoms. The molecule has 2 rings (SSSR count). The maximum atomic E-state index is 13.4. The smallest absolute Gasteiger partial charge is 0.307 e. The molecule has 1 aromatic carbocycles. The number of nitrogens with zero attached hydrogens (tertiary/aromatic N) is 1. The number of aliphatic carboxylic acids is 1. The van der Waals surface area contributed by atoms with Crippen LogP contribution in [0.3, 0.4) is 0 Å². The van der Waals surface area contributed by atoms with Crippen molar-refractivity contribution in [1.82, 2.24) is 0 Å². The maximum Gasteiger partial charge on any atom is 0.307 e. The maximum absolute atomic E-state index is 13.4. The molecule has 19 heavy (non-hydrogen) atoms. The van der Waals surface area contributed by atoms with Crippen molar-refractivity contribution >= 4 is 23.3 Å². The number of hydrogen-bond donors (Lipinski definition) is 2. The zero-order valence-corrected chi connectivity index (χ0v) is 9.50. The normalized spacial score (nSPS) is 20.7. The average Bonchev–Trinajstić information content (AvgIpc) is 3.11. The Kier molecular flexibility index (Phi) is 3.16. The molecule has 0 saturated heterocycles. The molecule has 0 aliphatic heterocycles. The molecule has 0 bridgehead atoms. The summed E-state index contributed by atoms with van der Waals surface area (Å²) < 4.78 is 13.4. The minimum Gasteiger partial charge on any atom is -0.481 e. The minimum atomic E-state index is -1.08. The summed E-state index contributed by atoms with van der Waals surface area (Å²) in [5, 5.41) is 21.4. The predicted octanol–water partition coefficient (Wildman–Crippen LogP) is 1.39. The van der Waals surface area contributed by atoms with E-state index in [2.05, 4.69) is 5.32 Å². The van der Waals surface area contributed by atoms with Crippen LogP contribution in [-0.2, 0) is 9.59 Å². The van der Waals surface area contributed by atoms with Crippen molar-refractivity contribution in [3.63, 3.8) is 0 Å². The number of carbonyl (C=O) groups excluding carboxylic acids is 1. The summed E-state index contributed by atoms with van der Waals surface area (Å²) in [7, 11) is 0. The first-order valence-corrected chi connectivity index (χ1v) is 5.37. The highest BCUT2D eigenvalue weighted by molar-refractivity contribution is 5.98. The highest BCUT2D eigenvalue weighted by atomic mass is 19.1. The Morgan fingerprint density at radius 2 is 2.11 bits per heavy atom. The van der Waals surface area contributed by atoms with Crippen molar-refractivity contribution < 1.29 is 24.0 Å². The standard InChI is InChI=1S/C11H9FN2O5/c12-8-2-1-5(14(18)19)3-9(8)13-10(15)6-4-7(6)11(16)17/h1-3,6-7H,4H2,(H,13,15)(H,16,17)/t6-,7+/m1/s1. The molecule has 7 nitrogen and oxygen atoms in total. The van der Waals surface area contributed by atoms with E-state index in [0.717, 1.165) is 18.2 Å². The molecule has 1 fully saturated rings. The van der Waals surface area contributed by atoms with Crippen molar-refractivity contribution in [3.05, 3.63) is 34.1 Å². The largest absolute Gasteiger partial charge is 0.481 e. The van der Waals surface area contributed by atoms with E-state index in [9.17, 15) is 24.1 Å². The van der Waals surface area contributed by atoms with Crippen LogP contribution in [0.15, 0.2) is 18.2 Å². The molecule has 8 heteroatoms. The van der Waals surface area contributed by atoms with E-state index in [0.29, 0.717) is 0 Å². The minimum absolute atomic E-state index is 0.192. The van der Waals surface area contributed by atoms with Crippen LogP contribution in [0, 0.1) is 27.8 Å². The van der Waals surface area contributed by atoms with Gasteiger partial charge >= 0.3 is 5.97 Å². The molecule has 100 valence electrons. The summed E-state index contributed by atoms with van der Waals surface area (Å²) in [5.74, 6) is -4.02. The van der Waals surface area contributed by atoms with Gasteiger partial charge in [-0.05, 0) is 12.5 Å². The highest BCUT2D eigenvalue weighted by Gasteiger charge is 2.48. The molecule has 0 unspecified atom stereocenters. The van der Waals surface area contributed by atoms with Gasteiger partial charge in [0.05, 0.1) is 22.4 Å². The van der Waals surface area contributed by atoms with E-state index in [1.54, 1.807) is 0 Å². The number of nitro benzene ring substituents is 1. The molecular formula is C11H9FN2O5. The topological polar surface area (TPSA) is 110 Å². The third-order valence-electron chi connectivity index (χ3n) is 2.86. The molecule has 0 aromatic heterocycles. The van der Waals surface area contributed by atoms with Gasteiger partial charge < -0.3 is 10.4 Å². The molecule has 1 aromatic rings. The van der Waals surface area contributed by atoms with Crippen LogP contribution < -0.4 is 5.32 Å². The van der Waals surface area contributed by atoms with Gasteiger partial charge in [-0.25, -0.2) is 4.39 Å². The fourth-order valence-corrected chi connectivity index (χ4v) is 1.71. The van der Waals surface area contributed by atoms with Crippen LogP contribution in [-0.4, -0.2) is 21.9 Å². The molecule has 1 saturated carbocycles. The van der Waals surface area contributed by atoms with E-state index in [1.807, 2.05) is 0 Å². The second-order valence-corrected chi connectivity index (χ2v) is 4.20. The Balaban J connectivity index is 2.11. The fourth-order valence-electron chi connectivity index (χ4n) is 1.71. The van der Waals surface area contributed by atoms with Gasteiger partial charge in [-0.1, -0.05) is 0 Å². The first kappa shape index (κ1) is 12.9. The van der Waals surface area contributed by atoms with Crippen LogP contribution in [0.1, 0.15) is 6.42 Å². The van der Waals surface area contributed by atoms with Gasteiger partial charge in [0, 0.05) is 12.1 Å². The number of nitro groups is 1. The first-order valence-electron chi connectivity index (χ1n) is 5.37. The Labute approximate surface area is 106 Å². The lowest BCUT2D eigenvalue weighted by Crippen LogP contribution is -2.17. The van der Waals surface area contributed by atoms with E-state index < -0.39 is 34.5 Å². The monoisotopic (exact) mass is 268 g/mol. The van der Waals surface area contributed by atoms with Crippen LogP contribution in [0.25, 0.3) is 0 Å². The van der Waals surface area contributed by atoms with Crippen molar-refractivity contribution in [2.75, 3.05) is 5.32 Å². The second kappa shape index (κ2) is 4.63. The summed E-state index contributed by atoms with van der Waals surface area (Å²) in [6.45, 7) is 0. The Morgan fingerprint density at radius 3 is 2.63 bits per heavy atom. The third-order valence-corrected chi connectivity index (χ3v) is 2.86. The van der Waals surface area contributed by atoms with Crippen LogP contribution >= 0.6 is 0 Å². The van der Waals surface area contributed by atoms with Gasteiger partial charge in [-0.15, -0.1) is 0 Å². The average molecular weight is 268 g/mol. The summed E-state index contributed by atoms with van der Waals surface area (Å²) in [5.41, 5.74) is -0.683. The number of non-ortho nitro benzene ring substituents is 1. The first-order chi connectivity index (χ1) is 8.90. The van der Waals surface area contributed by atoms with Gasteiger partial charge in [0.15, 0.2) is 0 Å². The van der Waals surface area contributed by atoms with Crippen molar-refractivity contribution in [1.29, 1.82) is 0 Å². The summed E-state index contributed by atoms with van der Waals surface area (Å²) in [4.78, 5) is 32.0. The molecule has 1 aliphatic carbocycles. The Morgan fingerprint density at radius 1 is 1.42 bits per heavy atom. The molecule has 2 N–H and O–H groups in total. The van der Waals surface area contributed by atoms with Gasteiger partial charge in [0.25, 0.3) is 5.69 Å². The molecular weight excluding hydrogens is 259 g/mol.